The van der Waals surface area contributed by atoms with Crippen LogP contribution in [-0.4, -0.2) is 57.1 Å². The van der Waals surface area contributed by atoms with Gasteiger partial charge < -0.3 is 19.9 Å². The van der Waals surface area contributed by atoms with Crippen molar-refractivity contribution in [2.45, 2.75) is 38.6 Å². The molecule has 0 aliphatic carbocycles. The van der Waals surface area contributed by atoms with E-state index in [2.05, 4.69) is 17.1 Å². The fourth-order valence-electron chi connectivity index (χ4n) is 4.03. The summed E-state index contributed by atoms with van der Waals surface area (Å²) in [4.78, 5) is 41.9. The van der Waals surface area contributed by atoms with Gasteiger partial charge >= 0.3 is 0 Å². The molecule has 2 aromatic rings. The summed E-state index contributed by atoms with van der Waals surface area (Å²) in [5.41, 5.74) is -0.556. The van der Waals surface area contributed by atoms with E-state index in [-0.39, 0.29) is 35.8 Å². The van der Waals surface area contributed by atoms with Crippen LogP contribution in [0.15, 0.2) is 35.3 Å². The summed E-state index contributed by atoms with van der Waals surface area (Å²) >= 11 is 0. The number of carbonyl (C=O) groups excluding carboxylic acids is 2. The maximum absolute atomic E-state index is 13.0. The SMILES string of the molecule is C[C@H]1CCN2C(=O)c3c(O)c(=O)c(C(=O)NCc4ccc(F)cc4)cn3CC2N1C. The van der Waals surface area contributed by atoms with Gasteiger partial charge in [-0.15, -0.1) is 0 Å². The minimum Gasteiger partial charge on any atom is -0.503 e. The Bertz CT molecular complexity index is 1070. The van der Waals surface area contributed by atoms with Crippen LogP contribution < -0.4 is 10.7 Å². The van der Waals surface area contributed by atoms with E-state index in [1.807, 2.05) is 7.05 Å². The number of aromatic nitrogens is 1. The van der Waals surface area contributed by atoms with Gasteiger partial charge in [0.05, 0.1) is 6.54 Å². The van der Waals surface area contributed by atoms with E-state index < -0.39 is 23.0 Å². The summed E-state index contributed by atoms with van der Waals surface area (Å²) in [6.07, 6.45) is 1.92. The van der Waals surface area contributed by atoms with E-state index in [0.29, 0.717) is 18.7 Å². The van der Waals surface area contributed by atoms with Crippen molar-refractivity contribution in [3.8, 4) is 5.75 Å². The van der Waals surface area contributed by atoms with Crippen molar-refractivity contribution in [3.63, 3.8) is 0 Å². The Balaban J connectivity index is 1.63. The second-order valence-corrected chi connectivity index (χ2v) is 7.81. The quantitative estimate of drug-likeness (QED) is 0.785. The van der Waals surface area contributed by atoms with Crippen LogP contribution in [0, 0.1) is 5.82 Å². The molecule has 2 atom stereocenters. The number of hydrogen-bond donors (Lipinski definition) is 2. The van der Waals surface area contributed by atoms with Crippen LogP contribution >= 0.6 is 0 Å². The van der Waals surface area contributed by atoms with Gasteiger partial charge in [0, 0.05) is 25.3 Å². The summed E-state index contributed by atoms with van der Waals surface area (Å²) in [6, 6.07) is 5.90. The standard InChI is InChI=1S/C21H23FN4O4/c1-12-7-8-26-16(24(12)2)11-25-10-15(18(27)19(28)17(25)21(26)30)20(29)23-9-13-3-5-14(22)6-4-13/h3-6,10,12,16,28H,7-9,11H2,1-2H3,(H,23,29)/t12-,16?/m0/s1. The first kappa shape index (κ1) is 20.1. The molecule has 0 spiro atoms. The van der Waals surface area contributed by atoms with Crippen molar-refractivity contribution in [1.82, 2.24) is 19.7 Å². The third kappa shape index (κ3) is 3.35. The topological polar surface area (TPSA) is 94.9 Å². The zero-order chi connectivity index (χ0) is 21.6. The van der Waals surface area contributed by atoms with Crippen LogP contribution in [0.3, 0.4) is 0 Å². The lowest BCUT2D eigenvalue weighted by atomic mass is 10.0. The number of carbonyl (C=O) groups is 2. The molecule has 2 amide bonds. The molecule has 2 aliphatic heterocycles. The molecule has 4 rings (SSSR count). The molecule has 3 heterocycles. The molecule has 1 aromatic heterocycles. The molecule has 0 radical (unpaired) electrons. The van der Waals surface area contributed by atoms with E-state index in [4.69, 9.17) is 0 Å². The Morgan fingerprint density at radius 3 is 2.67 bits per heavy atom. The number of benzene rings is 1. The first-order valence-corrected chi connectivity index (χ1v) is 9.80. The number of fused-ring (bicyclic) bond motifs is 2. The van der Waals surface area contributed by atoms with Crippen molar-refractivity contribution in [2.75, 3.05) is 13.6 Å². The molecule has 1 fully saturated rings. The van der Waals surface area contributed by atoms with Crippen molar-refractivity contribution in [1.29, 1.82) is 0 Å². The molecule has 158 valence electrons. The monoisotopic (exact) mass is 414 g/mol. The fourth-order valence-corrected chi connectivity index (χ4v) is 4.03. The van der Waals surface area contributed by atoms with Gasteiger partial charge in [0.1, 0.15) is 17.5 Å². The molecule has 1 aromatic carbocycles. The van der Waals surface area contributed by atoms with Gasteiger partial charge in [0.15, 0.2) is 11.4 Å². The Morgan fingerprint density at radius 1 is 1.27 bits per heavy atom. The van der Waals surface area contributed by atoms with Gasteiger partial charge in [-0.1, -0.05) is 12.1 Å². The number of hydrogen-bond acceptors (Lipinski definition) is 5. The molecule has 1 saturated heterocycles. The number of nitrogens with one attached hydrogen (secondary N) is 1. The van der Waals surface area contributed by atoms with E-state index >= 15 is 0 Å². The van der Waals surface area contributed by atoms with Crippen LogP contribution in [0.4, 0.5) is 4.39 Å². The first-order valence-electron chi connectivity index (χ1n) is 9.80. The highest BCUT2D eigenvalue weighted by Crippen LogP contribution is 2.29. The van der Waals surface area contributed by atoms with Crippen LogP contribution in [0.1, 0.15) is 39.8 Å². The van der Waals surface area contributed by atoms with E-state index in [1.165, 1.54) is 35.0 Å². The lowest BCUT2D eigenvalue weighted by Gasteiger charge is -2.48. The maximum atomic E-state index is 13.0. The first-order chi connectivity index (χ1) is 14.3. The maximum Gasteiger partial charge on any atom is 0.275 e. The highest BCUT2D eigenvalue weighted by Gasteiger charge is 2.41. The van der Waals surface area contributed by atoms with Gasteiger partial charge in [-0.3, -0.25) is 19.3 Å². The smallest absolute Gasteiger partial charge is 0.275 e. The molecule has 1 unspecified atom stereocenters. The highest BCUT2D eigenvalue weighted by atomic mass is 19.1. The zero-order valence-corrected chi connectivity index (χ0v) is 16.8. The molecule has 0 bridgehead atoms. The minimum atomic E-state index is -0.886. The summed E-state index contributed by atoms with van der Waals surface area (Å²) in [5, 5.41) is 13.1. The minimum absolute atomic E-state index is 0.0886. The Kier molecular flexibility index (Phi) is 5.07. The second kappa shape index (κ2) is 7.56. The number of likely N-dealkylation sites (N-methyl/N-ethyl adjacent to an activating group) is 1. The number of rotatable bonds is 3. The van der Waals surface area contributed by atoms with Crippen LogP contribution in [-0.2, 0) is 13.1 Å². The van der Waals surface area contributed by atoms with Crippen LogP contribution in [0.5, 0.6) is 5.75 Å². The average molecular weight is 414 g/mol. The molecule has 0 saturated carbocycles. The van der Waals surface area contributed by atoms with Gasteiger partial charge in [-0.2, -0.15) is 0 Å². The third-order valence-electron chi connectivity index (χ3n) is 6.00. The Hall–Kier alpha value is -3.20. The number of aromatic hydroxyl groups is 1. The molecule has 9 heteroatoms. The van der Waals surface area contributed by atoms with Gasteiger partial charge in [0.2, 0.25) is 5.43 Å². The van der Waals surface area contributed by atoms with E-state index in [1.54, 1.807) is 4.90 Å². The Labute approximate surface area is 172 Å². The van der Waals surface area contributed by atoms with Crippen molar-refractivity contribution in [3.05, 3.63) is 63.3 Å². The number of nitrogens with zero attached hydrogens (tertiary/aromatic N) is 3. The Morgan fingerprint density at radius 2 is 1.97 bits per heavy atom. The van der Waals surface area contributed by atoms with Gasteiger partial charge in [-0.05, 0) is 38.1 Å². The van der Waals surface area contributed by atoms with Crippen molar-refractivity contribution < 1.29 is 19.1 Å². The van der Waals surface area contributed by atoms with E-state index in [9.17, 15) is 23.9 Å². The molecule has 2 aliphatic rings. The lowest BCUT2D eigenvalue weighted by Crippen LogP contribution is -2.62. The largest absolute Gasteiger partial charge is 0.503 e. The third-order valence-corrected chi connectivity index (χ3v) is 6.00. The summed E-state index contributed by atoms with van der Waals surface area (Å²) < 4.78 is 14.5. The van der Waals surface area contributed by atoms with Crippen LogP contribution in [0.2, 0.25) is 0 Å². The average Bonchev–Trinajstić information content (AvgIpc) is 2.73. The number of amides is 2. The predicted octanol–water partition coefficient (Wildman–Crippen LogP) is 1.13. The molecule has 30 heavy (non-hydrogen) atoms. The summed E-state index contributed by atoms with van der Waals surface area (Å²) in [7, 11) is 1.93. The molecular formula is C21H23FN4O4. The predicted molar refractivity (Wildman–Crippen MR) is 107 cm³/mol. The second-order valence-electron chi connectivity index (χ2n) is 7.81. The van der Waals surface area contributed by atoms with Crippen LogP contribution in [0.25, 0.3) is 0 Å². The highest BCUT2D eigenvalue weighted by molar-refractivity contribution is 5.99. The zero-order valence-electron chi connectivity index (χ0n) is 16.8. The van der Waals surface area contributed by atoms with Gasteiger partial charge in [0.25, 0.3) is 11.8 Å². The molecule has 2 N–H and O–H groups in total. The molecular weight excluding hydrogens is 391 g/mol. The normalized spacial score (nSPS) is 21.2. The fraction of sp³-hybridized carbons (Fsp3) is 0.381. The summed E-state index contributed by atoms with van der Waals surface area (Å²) in [6.45, 7) is 3.06. The number of pyridine rings is 1. The number of halogens is 1. The lowest BCUT2D eigenvalue weighted by molar-refractivity contribution is -0.0196. The van der Waals surface area contributed by atoms with Crippen molar-refractivity contribution >= 4 is 11.8 Å². The van der Waals surface area contributed by atoms with Gasteiger partial charge in [-0.25, -0.2) is 4.39 Å². The van der Waals surface area contributed by atoms with E-state index in [0.717, 1.165) is 6.42 Å². The van der Waals surface area contributed by atoms with Crippen molar-refractivity contribution in [2.24, 2.45) is 0 Å². The molecule has 8 nitrogen and oxygen atoms in total. The summed E-state index contributed by atoms with van der Waals surface area (Å²) in [5.74, 6) is -2.19.